The van der Waals surface area contributed by atoms with Gasteiger partial charge in [-0.2, -0.15) is 5.26 Å². The van der Waals surface area contributed by atoms with Crippen LogP contribution in [0.1, 0.15) is 30.9 Å². The number of ether oxygens (including phenoxy) is 2. The summed E-state index contributed by atoms with van der Waals surface area (Å²) in [5.74, 6) is 0.878. The van der Waals surface area contributed by atoms with E-state index in [0.717, 1.165) is 18.4 Å². The van der Waals surface area contributed by atoms with Gasteiger partial charge in [0.1, 0.15) is 18.2 Å². The van der Waals surface area contributed by atoms with Gasteiger partial charge in [-0.1, -0.05) is 36.4 Å². The lowest BCUT2D eigenvalue weighted by Crippen LogP contribution is -2.26. The maximum absolute atomic E-state index is 12.1. The van der Waals surface area contributed by atoms with Gasteiger partial charge in [-0.3, -0.25) is 4.79 Å². The molecule has 1 N–H and O–H groups in total. The number of nitrogens with zero attached hydrogens (tertiary/aromatic N) is 1. The first kappa shape index (κ1) is 18.5. The molecule has 1 amide bonds. The zero-order valence-corrected chi connectivity index (χ0v) is 15.3. The molecule has 1 saturated carbocycles. The third-order valence-electron chi connectivity index (χ3n) is 4.09. The summed E-state index contributed by atoms with van der Waals surface area (Å²) in [6, 6.07) is 17.5. The summed E-state index contributed by atoms with van der Waals surface area (Å²) in [6.07, 6.45) is 3.53. The summed E-state index contributed by atoms with van der Waals surface area (Å²) < 4.78 is 11.6. The minimum Gasteiger partial charge on any atom is -0.490 e. The van der Waals surface area contributed by atoms with Gasteiger partial charge in [-0.15, -0.1) is 0 Å². The predicted octanol–water partition coefficient (Wildman–Crippen LogP) is 3.85. The van der Waals surface area contributed by atoms with Crippen LogP contribution in [0.3, 0.4) is 0 Å². The van der Waals surface area contributed by atoms with Crippen molar-refractivity contribution < 1.29 is 14.3 Å². The zero-order chi connectivity index (χ0) is 19.1. The van der Waals surface area contributed by atoms with Gasteiger partial charge >= 0.3 is 0 Å². The fourth-order valence-electron chi connectivity index (χ4n) is 2.54. The lowest BCUT2D eigenvalue weighted by atomic mass is 10.1. The minimum absolute atomic E-state index is 0.0855. The van der Waals surface area contributed by atoms with E-state index in [1.54, 1.807) is 18.2 Å². The van der Waals surface area contributed by atoms with E-state index in [4.69, 9.17) is 9.47 Å². The number of carbonyl (C=O) groups is 1. The number of rotatable bonds is 8. The molecule has 0 atom stereocenters. The Morgan fingerprint density at radius 3 is 2.63 bits per heavy atom. The largest absolute Gasteiger partial charge is 0.490 e. The van der Waals surface area contributed by atoms with E-state index in [1.807, 2.05) is 49.4 Å². The van der Waals surface area contributed by atoms with E-state index in [0.29, 0.717) is 30.3 Å². The minimum atomic E-state index is -0.331. The van der Waals surface area contributed by atoms with Crippen molar-refractivity contribution >= 4 is 12.0 Å². The van der Waals surface area contributed by atoms with Gasteiger partial charge in [0.15, 0.2) is 11.5 Å². The van der Waals surface area contributed by atoms with E-state index in [-0.39, 0.29) is 17.5 Å². The highest BCUT2D eigenvalue weighted by molar-refractivity contribution is 6.02. The van der Waals surface area contributed by atoms with Crippen molar-refractivity contribution in [2.45, 2.75) is 32.4 Å². The van der Waals surface area contributed by atoms with Gasteiger partial charge < -0.3 is 14.8 Å². The van der Waals surface area contributed by atoms with Crippen molar-refractivity contribution in [1.82, 2.24) is 5.32 Å². The number of nitriles is 1. The van der Waals surface area contributed by atoms with Crippen molar-refractivity contribution in [3.8, 4) is 17.6 Å². The van der Waals surface area contributed by atoms with Crippen LogP contribution in [0.4, 0.5) is 0 Å². The van der Waals surface area contributed by atoms with Crippen molar-refractivity contribution in [2.75, 3.05) is 6.61 Å². The molecule has 0 aromatic heterocycles. The third kappa shape index (κ3) is 5.35. The van der Waals surface area contributed by atoms with E-state index >= 15 is 0 Å². The molecule has 0 bridgehead atoms. The number of hydrogen-bond donors (Lipinski definition) is 1. The van der Waals surface area contributed by atoms with Crippen LogP contribution in [0, 0.1) is 11.3 Å². The van der Waals surface area contributed by atoms with Crippen LogP contribution in [0.2, 0.25) is 0 Å². The number of amides is 1. The predicted molar refractivity (Wildman–Crippen MR) is 103 cm³/mol. The molecule has 0 radical (unpaired) electrons. The van der Waals surface area contributed by atoms with Gasteiger partial charge in [0.05, 0.1) is 6.61 Å². The smallest absolute Gasteiger partial charge is 0.262 e. The van der Waals surface area contributed by atoms with Gasteiger partial charge in [-0.25, -0.2) is 0 Å². The topological polar surface area (TPSA) is 71.3 Å². The molecule has 2 aromatic rings. The number of nitrogens with one attached hydrogen (secondary N) is 1. The molecular weight excluding hydrogens is 340 g/mol. The number of benzene rings is 2. The standard InChI is InChI=1S/C22H22N2O3/c1-2-26-21-13-17(12-18(14-23)22(25)24-19-9-10-19)8-11-20(21)27-15-16-6-4-3-5-7-16/h3-8,11-13,19H,2,9-10,15H2,1H3,(H,24,25)/b18-12+. The quantitative estimate of drug-likeness (QED) is 0.572. The highest BCUT2D eigenvalue weighted by Crippen LogP contribution is 2.30. The molecule has 1 aliphatic carbocycles. The molecule has 3 rings (SSSR count). The van der Waals surface area contributed by atoms with E-state index in [1.165, 1.54) is 0 Å². The summed E-state index contributed by atoms with van der Waals surface area (Å²) in [4.78, 5) is 12.1. The molecule has 5 heteroatoms. The Balaban J connectivity index is 1.76. The monoisotopic (exact) mass is 362 g/mol. The molecular formula is C22H22N2O3. The fraction of sp³-hybridized carbons (Fsp3) is 0.273. The average Bonchev–Trinajstić information content (AvgIpc) is 3.50. The molecule has 1 fully saturated rings. The van der Waals surface area contributed by atoms with Crippen LogP contribution in [-0.2, 0) is 11.4 Å². The van der Waals surface area contributed by atoms with Crippen LogP contribution in [-0.4, -0.2) is 18.6 Å². The fourth-order valence-corrected chi connectivity index (χ4v) is 2.54. The second-order valence-corrected chi connectivity index (χ2v) is 6.33. The second kappa shape index (κ2) is 8.91. The Morgan fingerprint density at radius 1 is 1.19 bits per heavy atom. The normalized spacial score (nSPS) is 13.6. The molecule has 0 spiro atoms. The zero-order valence-electron chi connectivity index (χ0n) is 15.3. The first-order chi connectivity index (χ1) is 13.2. The second-order valence-electron chi connectivity index (χ2n) is 6.33. The van der Waals surface area contributed by atoms with E-state index in [2.05, 4.69) is 5.32 Å². The Labute approximate surface area is 159 Å². The first-order valence-corrected chi connectivity index (χ1v) is 9.06. The molecule has 0 heterocycles. The van der Waals surface area contributed by atoms with Crippen LogP contribution in [0.15, 0.2) is 54.1 Å². The lowest BCUT2D eigenvalue weighted by molar-refractivity contribution is -0.117. The van der Waals surface area contributed by atoms with E-state index < -0.39 is 0 Å². The molecule has 0 saturated heterocycles. The first-order valence-electron chi connectivity index (χ1n) is 9.06. The maximum Gasteiger partial charge on any atom is 0.262 e. The van der Waals surface area contributed by atoms with Crippen molar-refractivity contribution in [2.24, 2.45) is 0 Å². The number of hydrogen-bond acceptors (Lipinski definition) is 4. The van der Waals surface area contributed by atoms with Gasteiger partial charge in [0.25, 0.3) is 5.91 Å². The molecule has 138 valence electrons. The Morgan fingerprint density at radius 2 is 1.96 bits per heavy atom. The summed E-state index contributed by atoms with van der Waals surface area (Å²) in [5, 5.41) is 12.1. The summed E-state index contributed by atoms with van der Waals surface area (Å²) in [6.45, 7) is 2.82. The van der Waals surface area contributed by atoms with Gasteiger partial charge in [0, 0.05) is 6.04 Å². The molecule has 0 aliphatic heterocycles. The van der Waals surface area contributed by atoms with Crippen LogP contribution in [0.5, 0.6) is 11.5 Å². The van der Waals surface area contributed by atoms with Crippen LogP contribution < -0.4 is 14.8 Å². The van der Waals surface area contributed by atoms with Crippen molar-refractivity contribution in [3.63, 3.8) is 0 Å². The molecule has 5 nitrogen and oxygen atoms in total. The SMILES string of the molecule is CCOc1cc(/C=C(\C#N)C(=O)NC2CC2)ccc1OCc1ccccc1. The summed E-state index contributed by atoms with van der Waals surface area (Å²) >= 11 is 0. The molecule has 1 aliphatic rings. The third-order valence-corrected chi connectivity index (χ3v) is 4.09. The van der Waals surface area contributed by atoms with Gasteiger partial charge in [-0.05, 0) is 49.1 Å². The summed E-state index contributed by atoms with van der Waals surface area (Å²) in [5.41, 5.74) is 1.86. The highest BCUT2D eigenvalue weighted by atomic mass is 16.5. The van der Waals surface area contributed by atoms with E-state index in [9.17, 15) is 10.1 Å². The average molecular weight is 362 g/mol. The Hall–Kier alpha value is -3.26. The molecule has 2 aromatic carbocycles. The Bertz CT molecular complexity index is 865. The molecule has 0 unspecified atom stereocenters. The lowest BCUT2D eigenvalue weighted by Gasteiger charge is -2.13. The van der Waals surface area contributed by atoms with Crippen LogP contribution in [0.25, 0.3) is 6.08 Å². The van der Waals surface area contributed by atoms with Crippen molar-refractivity contribution in [1.29, 1.82) is 5.26 Å². The molecule has 27 heavy (non-hydrogen) atoms. The van der Waals surface area contributed by atoms with Crippen LogP contribution >= 0.6 is 0 Å². The maximum atomic E-state index is 12.1. The van der Waals surface area contributed by atoms with Gasteiger partial charge in [0.2, 0.25) is 0 Å². The number of carbonyl (C=O) groups excluding carboxylic acids is 1. The highest BCUT2D eigenvalue weighted by Gasteiger charge is 2.24. The summed E-state index contributed by atoms with van der Waals surface area (Å²) in [7, 11) is 0. The van der Waals surface area contributed by atoms with Crippen molar-refractivity contribution in [3.05, 3.63) is 65.2 Å². The Kier molecular flexibility index (Phi) is 6.11.